The lowest BCUT2D eigenvalue weighted by Crippen LogP contribution is -2.63. The number of nitrogens with one attached hydrogen (secondary N) is 1. The second-order valence-electron chi connectivity index (χ2n) is 9.52. The van der Waals surface area contributed by atoms with Crippen molar-refractivity contribution >= 4 is 11.8 Å². The van der Waals surface area contributed by atoms with Gasteiger partial charge in [-0.1, -0.05) is 69.5 Å². The van der Waals surface area contributed by atoms with Crippen LogP contribution in [0.15, 0.2) is 48.5 Å². The van der Waals surface area contributed by atoms with Gasteiger partial charge in [-0.05, 0) is 36.5 Å². The lowest BCUT2D eigenvalue weighted by molar-refractivity contribution is -0.127. The summed E-state index contributed by atoms with van der Waals surface area (Å²) in [6, 6.07) is 15.4. The van der Waals surface area contributed by atoms with E-state index in [9.17, 15) is 9.59 Å². The molecule has 1 aliphatic carbocycles. The van der Waals surface area contributed by atoms with Crippen LogP contribution in [0.4, 0.5) is 0 Å². The number of carbonyl (C=O) groups excluding carboxylic acids is 2. The molecular weight excluding hydrogens is 400 g/mol. The number of hydrogen-bond acceptors (Lipinski definition) is 3. The molecule has 1 atom stereocenters. The van der Waals surface area contributed by atoms with Crippen molar-refractivity contribution < 1.29 is 14.3 Å². The molecule has 0 bridgehead atoms. The lowest BCUT2D eigenvalue weighted by atomic mass is 9.65. The van der Waals surface area contributed by atoms with Gasteiger partial charge in [-0.25, -0.2) is 0 Å². The molecule has 4 rings (SSSR count). The Morgan fingerprint density at radius 1 is 1.09 bits per heavy atom. The number of ether oxygens (including phenoxy) is 1. The molecule has 1 aliphatic heterocycles. The summed E-state index contributed by atoms with van der Waals surface area (Å²) >= 11 is 0. The van der Waals surface area contributed by atoms with Crippen LogP contribution in [-0.2, 0) is 11.3 Å². The Hall–Kier alpha value is -2.82. The maximum absolute atomic E-state index is 13.9. The van der Waals surface area contributed by atoms with Crippen molar-refractivity contribution in [3.05, 3.63) is 65.2 Å². The fraction of sp³-hybridized carbons (Fsp3) is 0.481. The molecule has 0 saturated heterocycles. The molecule has 2 amide bonds. The zero-order valence-electron chi connectivity index (χ0n) is 19.4. The molecule has 1 heterocycles. The first-order valence-electron chi connectivity index (χ1n) is 11.8. The van der Waals surface area contributed by atoms with Crippen LogP contribution < -0.4 is 10.1 Å². The highest BCUT2D eigenvalue weighted by Crippen LogP contribution is 2.49. The third kappa shape index (κ3) is 4.01. The zero-order chi connectivity index (χ0) is 22.7. The molecule has 2 aromatic rings. The van der Waals surface area contributed by atoms with Gasteiger partial charge in [-0.2, -0.15) is 0 Å². The summed E-state index contributed by atoms with van der Waals surface area (Å²) in [5.74, 6) is 0.794. The van der Waals surface area contributed by atoms with Crippen molar-refractivity contribution in [3.63, 3.8) is 0 Å². The van der Waals surface area contributed by atoms with Crippen molar-refractivity contribution in [2.45, 2.75) is 64.0 Å². The highest BCUT2D eigenvalue weighted by Gasteiger charge is 2.54. The molecule has 5 nitrogen and oxygen atoms in total. The van der Waals surface area contributed by atoms with Gasteiger partial charge in [0.25, 0.3) is 5.91 Å². The number of methoxy groups -OCH3 is 1. The third-order valence-electron chi connectivity index (χ3n) is 7.00. The number of carbonyl (C=O) groups is 2. The number of benzene rings is 2. The number of amides is 2. The summed E-state index contributed by atoms with van der Waals surface area (Å²) in [7, 11) is 1.64. The second kappa shape index (κ2) is 9.35. The fourth-order valence-corrected chi connectivity index (χ4v) is 5.61. The van der Waals surface area contributed by atoms with Crippen molar-refractivity contribution in [2.75, 3.05) is 13.7 Å². The van der Waals surface area contributed by atoms with Crippen LogP contribution >= 0.6 is 0 Å². The molecule has 2 aliphatic rings. The highest BCUT2D eigenvalue weighted by molar-refractivity contribution is 6.02. The predicted molar refractivity (Wildman–Crippen MR) is 126 cm³/mol. The molecule has 170 valence electrons. The number of hydrogen-bond donors (Lipinski definition) is 1. The molecule has 1 N–H and O–H groups in total. The van der Waals surface area contributed by atoms with Gasteiger partial charge >= 0.3 is 0 Å². The van der Waals surface area contributed by atoms with E-state index in [0.29, 0.717) is 24.6 Å². The van der Waals surface area contributed by atoms with E-state index in [2.05, 4.69) is 19.2 Å². The number of nitrogens with zero attached hydrogens (tertiary/aromatic N) is 1. The van der Waals surface area contributed by atoms with Gasteiger partial charge in [0.1, 0.15) is 5.75 Å². The highest BCUT2D eigenvalue weighted by atomic mass is 16.5. The molecular formula is C27H34N2O3. The Kier molecular flexibility index (Phi) is 6.54. The number of rotatable bonds is 6. The normalized spacial score (nSPS) is 19.7. The van der Waals surface area contributed by atoms with Gasteiger partial charge in [0.15, 0.2) is 0 Å². The molecule has 1 spiro atoms. The summed E-state index contributed by atoms with van der Waals surface area (Å²) in [5, 5.41) is 3.19. The SMILES string of the molecule is COc1ccccc1CNC(=O)[C@H]1c2ccccc2C(=O)N(CC(C)C)C12CCCCC2. The van der Waals surface area contributed by atoms with E-state index < -0.39 is 5.54 Å². The van der Waals surface area contributed by atoms with Gasteiger partial charge in [-0.15, -0.1) is 0 Å². The first kappa shape index (κ1) is 22.4. The number of para-hydroxylation sites is 1. The summed E-state index contributed by atoms with van der Waals surface area (Å²) in [5.41, 5.74) is 2.03. The fourth-order valence-electron chi connectivity index (χ4n) is 5.61. The Morgan fingerprint density at radius 2 is 1.78 bits per heavy atom. The Bertz CT molecular complexity index is 978. The molecule has 1 fully saturated rings. The maximum atomic E-state index is 13.9. The van der Waals surface area contributed by atoms with Crippen LogP contribution in [0.2, 0.25) is 0 Å². The van der Waals surface area contributed by atoms with E-state index in [0.717, 1.165) is 49.0 Å². The molecule has 0 unspecified atom stereocenters. The average Bonchev–Trinajstić information content (AvgIpc) is 2.81. The Balaban J connectivity index is 1.73. The summed E-state index contributed by atoms with van der Waals surface area (Å²) in [6.07, 6.45) is 4.97. The third-order valence-corrected chi connectivity index (χ3v) is 7.00. The summed E-state index contributed by atoms with van der Waals surface area (Å²) < 4.78 is 5.46. The van der Waals surface area contributed by atoms with Crippen molar-refractivity contribution in [3.8, 4) is 5.75 Å². The molecule has 0 aromatic heterocycles. The summed E-state index contributed by atoms with van der Waals surface area (Å²) in [6.45, 7) is 5.35. The minimum atomic E-state index is -0.460. The quantitative estimate of drug-likeness (QED) is 0.703. The average molecular weight is 435 g/mol. The van der Waals surface area contributed by atoms with Gasteiger partial charge in [-0.3, -0.25) is 9.59 Å². The lowest BCUT2D eigenvalue weighted by Gasteiger charge is -2.54. The van der Waals surface area contributed by atoms with E-state index in [1.807, 2.05) is 53.4 Å². The first-order valence-corrected chi connectivity index (χ1v) is 11.8. The van der Waals surface area contributed by atoms with E-state index in [-0.39, 0.29) is 17.7 Å². The second-order valence-corrected chi connectivity index (χ2v) is 9.52. The smallest absolute Gasteiger partial charge is 0.254 e. The zero-order valence-corrected chi connectivity index (χ0v) is 19.4. The monoisotopic (exact) mass is 434 g/mol. The van der Waals surface area contributed by atoms with Crippen LogP contribution in [0.1, 0.15) is 73.4 Å². The van der Waals surface area contributed by atoms with E-state index in [4.69, 9.17) is 4.74 Å². The molecule has 5 heteroatoms. The van der Waals surface area contributed by atoms with E-state index in [1.54, 1.807) is 7.11 Å². The molecule has 32 heavy (non-hydrogen) atoms. The predicted octanol–water partition coefficient (Wildman–Crippen LogP) is 4.91. The van der Waals surface area contributed by atoms with Crippen LogP contribution in [0.5, 0.6) is 5.75 Å². The molecule has 0 radical (unpaired) electrons. The van der Waals surface area contributed by atoms with Crippen molar-refractivity contribution in [1.82, 2.24) is 10.2 Å². The van der Waals surface area contributed by atoms with Crippen molar-refractivity contribution in [1.29, 1.82) is 0 Å². The van der Waals surface area contributed by atoms with Gasteiger partial charge in [0.05, 0.1) is 18.6 Å². The maximum Gasteiger partial charge on any atom is 0.254 e. The standard InChI is InChI=1S/C27H34N2O3/c1-19(2)18-29-26(31)22-13-7-6-12-21(22)24(27(29)15-9-4-10-16-27)25(30)28-17-20-11-5-8-14-23(20)32-3/h5-8,11-14,19,24H,4,9-10,15-18H2,1-3H3,(H,28,30)/t24-/m1/s1. The largest absolute Gasteiger partial charge is 0.496 e. The topological polar surface area (TPSA) is 58.6 Å². The minimum absolute atomic E-state index is 0.00786. The van der Waals surface area contributed by atoms with E-state index in [1.165, 1.54) is 0 Å². The van der Waals surface area contributed by atoms with Gasteiger partial charge in [0.2, 0.25) is 5.91 Å². The van der Waals surface area contributed by atoms with Crippen LogP contribution in [0.25, 0.3) is 0 Å². The Morgan fingerprint density at radius 3 is 2.50 bits per heavy atom. The summed E-state index contributed by atoms with van der Waals surface area (Å²) in [4.78, 5) is 29.5. The number of fused-ring (bicyclic) bond motifs is 1. The van der Waals surface area contributed by atoms with Crippen LogP contribution in [0, 0.1) is 5.92 Å². The minimum Gasteiger partial charge on any atom is -0.496 e. The van der Waals surface area contributed by atoms with Gasteiger partial charge < -0.3 is 15.0 Å². The van der Waals surface area contributed by atoms with Crippen LogP contribution in [-0.4, -0.2) is 35.9 Å². The Labute approximate surface area is 191 Å². The van der Waals surface area contributed by atoms with E-state index >= 15 is 0 Å². The van der Waals surface area contributed by atoms with Crippen molar-refractivity contribution in [2.24, 2.45) is 5.92 Å². The first-order chi connectivity index (χ1) is 15.5. The molecule has 2 aromatic carbocycles. The molecule has 1 saturated carbocycles. The van der Waals surface area contributed by atoms with Gasteiger partial charge in [0, 0.05) is 24.2 Å². The van der Waals surface area contributed by atoms with Crippen LogP contribution in [0.3, 0.4) is 0 Å².